The van der Waals surface area contributed by atoms with Crippen LogP contribution in [0.25, 0.3) is 0 Å². The van der Waals surface area contributed by atoms with Gasteiger partial charge >= 0.3 is 0 Å². The summed E-state index contributed by atoms with van der Waals surface area (Å²) in [6.45, 7) is 5.08. The highest BCUT2D eigenvalue weighted by molar-refractivity contribution is 6.33. The van der Waals surface area contributed by atoms with E-state index in [-0.39, 0.29) is 5.91 Å². The number of carbonyl (C=O) groups is 1. The van der Waals surface area contributed by atoms with Gasteiger partial charge in [0.25, 0.3) is 5.91 Å². The fourth-order valence-corrected chi connectivity index (χ4v) is 2.18. The molecule has 1 amide bonds. The van der Waals surface area contributed by atoms with E-state index in [1.165, 1.54) is 0 Å². The fraction of sp³-hybridized carbons (Fsp3) is 0.500. The van der Waals surface area contributed by atoms with Gasteiger partial charge in [-0.2, -0.15) is 0 Å². The van der Waals surface area contributed by atoms with Gasteiger partial charge in [0.1, 0.15) is 0 Å². The molecule has 0 N–H and O–H groups in total. The predicted octanol–water partition coefficient (Wildman–Crippen LogP) is 3.60. The van der Waals surface area contributed by atoms with E-state index in [0.717, 1.165) is 19.4 Å². The Bertz CT molecular complexity index is 412. The summed E-state index contributed by atoms with van der Waals surface area (Å²) in [4.78, 5) is 14.4. The van der Waals surface area contributed by atoms with Gasteiger partial charge in [-0.05, 0) is 30.9 Å². The third kappa shape index (κ3) is 3.01. The number of nitrogens with zero attached hydrogens (tertiary/aromatic N) is 1. The standard InChI is InChI=1S/C14H18ClNO/c1-10(2)9-16(11-7-8-11)14(17)12-5-3-4-6-13(12)15/h3-6,10-11H,7-9H2,1-2H3. The summed E-state index contributed by atoms with van der Waals surface area (Å²) in [6.07, 6.45) is 2.26. The molecule has 1 fully saturated rings. The van der Waals surface area contributed by atoms with Crippen molar-refractivity contribution in [2.75, 3.05) is 6.54 Å². The van der Waals surface area contributed by atoms with Gasteiger partial charge in [0.2, 0.25) is 0 Å². The van der Waals surface area contributed by atoms with Crippen molar-refractivity contribution in [2.24, 2.45) is 5.92 Å². The van der Waals surface area contributed by atoms with Crippen molar-refractivity contribution in [1.29, 1.82) is 0 Å². The molecule has 17 heavy (non-hydrogen) atoms. The molecule has 0 bridgehead atoms. The Morgan fingerprint density at radius 1 is 1.41 bits per heavy atom. The Kier molecular flexibility index (Phi) is 3.72. The van der Waals surface area contributed by atoms with Crippen molar-refractivity contribution in [2.45, 2.75) is 32.7 Å². The number of halogens is 1. The molecular formula is C14H18ClNO. The maximum absolute atomic E-state index is 12.4. The zero-order valence-electron chi connectivity index (χ0n) is 10.3. The molecule has 0 aliphatic heterocycles. The summed E-state index contributed by atoms with van der Waals surface area (Å²) in [7, 11) is 0. The molecule has 2 rings (SSSR count). The molecular weight excluding hydrogens is 234 g/mol. The van der Waals surface area contributed by atoms with Gasteiger partial charge in [-0.15, -0.1) is 0 Å². The second-order valence-corrected chi connectivity index (χ2v) is 5.47. The highest BCUT2D eigenvalue weighted by atomic mass is 35.5. The summed E-state index contributed by atoms with van der Waals surface area (Å²) in [6, 6.07) is 7.72. The Labute approximate surface area is 108 Å². The third-order valence-electron chi connectivity index (χ3n) is 2.91. The van der Waals surface area contributed by atoms with Crippen LogP contribution in [-0.2, 0) is 0 Å². The number of hydrogen-bond donors (Lipinski definition) is 0. The van der Waals surface area contributed by atoms with Crippen molar-refractivity contribution in [3.05, 3.63) is 34.9 Å². The van der Waals surface area contributed by atoms with Crippen LogP contribution in [0.4, 0.5) is 0 Å². The van der Waals surface area contributed by atoms with Gasteiger partial charge < -0.3 is 4.90 Å². The van der Waals surface area contributed by atoms with Crippen LogP contribution >= 0.6 is 11.6 Å². The van der Waals surface area contributed by atoms with Crippen molar-refractivity contribution < 1.29 is 4.79 Å². The molecule has 1 aromatic carbocycles. The lowest BCUT2D eigenvalue weighted by Gasteiger charge is -2.24. The lowest BCUT2D eigenvalue weighted by Crippen LogP contribution is -2.36. The summed E-state index contributed by atoms with van der Waals surface area (Å²) >= 11 is 6.08. The largest absolute Gasteiger partial charge is 0.335 e. The van der Waals surface area contributed by atoms with Crippen LogP contribution < -0.4 is 0 Å². The minimum Gasteiger partial charge on any atom is -0.335 e. The average Bonchev–Trinajstić information content (AvgIpc) is 3.09. The molecule has 1 saturated carbocycles. The summed E-state index contributed by atoms with van der Waals surface area (Å²) in [5, 5.41) is 0.548. The molecule has 0 unspecified atom stereocenters. The first-order valence-electron chi connectivity index (χ1n) is 6.15. The number of carbonyl (C=O) groups excluding carboxylic acids is 1. The zero-order valence-corrected chi connectivity index (χ0v) is 11.1. The summed E-state index contributed by atoms with van der Waals surface area (Å²) in [5.41, 5.74) is 0.627. The van der Waals surface area contributed by atoms with Crippen LogP contribution in [0, 0.1) is 5.92 Å². The van der Waals surface area contributed by atoms with E-state index >= 15 is 0 Å². The topological polar surface area (TPSA) is 20.3 Å². The van der Waals surface area contributed by atoms with Crippen LogP contribution in [0.5, 0.6) is 0 Å². The van der Waals surface area contributed by atoms with Crippen molar-refractivity contribution >= 4 is 17.5 Å². The molecule has 1 aliphatic carbocycles. The van der Waals surface area contributed by atoms with Gasteiger partial charge in [-0.25, -0.2) is 0 Å². The van der Waals surface area contributed by atoms with E-state index < -0.39 is 0 Å². The molecule has 0 heterocycles. The molecule has 3 heteroatoms. The van der Waals surface area contributed by atoms with Gasteiger partial charge in [0.05, 0.1) is 10.6 Å². The zero-order chi connectivity index (χ0) is 12.4. The second-order valence-electron chi connectivity index (χ2n) is 5.06. The summed E-state index contributed by atoms with van der Waals surface area (Å²) < 4.78 is 0. The number of benzene rings is 1. The highest BCUT2D eigenvalue weighted by Crippen LogP contribution is 2.30. The molecule has 1 aliphatic rings. The molecule has 0 atom stereocenters. The molecule has 0 aromatic heterocycles. The first-order valence-corrected chi connectivity index (χ1v) is 6.53. The monoisotopic (exact) mass is 251 g/mol. The van der Waals surface area contributed by atoms with Crippen LogP contribution in [0.3, 0.4) is 0 Å². The molecule has 1 aromatic rings. The Morgan fingerprint density at radius 2 is 2.06 bits per heavy atom. The van der Waals surface area contributed by atoms with Crippen molar-refractivity contribution in [1.82, 2.24) is 4.90 Å². The maximum atomic E-state index is 12.4. The van der Waals surface area contributed by atoms with E-state index in [4.69, 9.17) is 11.6 Å². The Hall–Kier alpha value is -1.02. The molecule has 0 saturated heterocycles. The molecule has 0 spiro atoms. The summed E-state index contributed by atoms with van der Waals surface area (Å²) in [5.74, 6) is 0.564. The normalized spacial score (nSPS) is 15.1. The second kappa shape index (κ2) is 5.09. The van der Waals surface area contributed by atoms with E-state index in [1.807, 2.05) is 17.0 Å². The SMILES string of the molecule is CC(C)CN(C(=O)c1ccccc1Cl)C1CC1. The first kappa shape index (κ1) is 12.4. The fourth-order valence-electron chi connectivity index (χ4n) is 1.97. The van der Waals surface area contributed by atoms with Crippen LogP contribution in [0.2, 0.25) is 5.02 Å². The molecule has 92 valence electrons. The minimum absolute atomic E-state index is 0.0757. The average molecular weight is 252 g/mol. The van der Waals surface area contributed by atoms with Crippen LogP contribution in [0.1, 0.15) is 37.0 Å². The van der Waals surface area contributed by atoms with Crippen LogP contribution in [0.15, 0.2) is 24.3 Å². The Balaban J connectivity index is 2.19. The first-order chi connectivity index (χ1) is 8.09. The van der Waals surface area contributed by atoms with Gasteiger partial charge in [0.15, 0.2) is 0 Å². The van der Waals surface area contributed by atoms with Gasteiger partial charge in [-0.1, -0.05) is 37.6 Å². The van der Waals surface area contributed by atoms with E-state index in [0.29, 0.717) is 22.5 Å². The lowest BCUT2D eigenvalue weighted by molar-refractivity contribution is 0.0722. The quantitative estimate of drug-likeness (QED) is 0.801. The number of rotatable bonds is 4. The molecule has 2 nitrogen and oxygen atoms in total. The van der Waals surface area contributed by atoms with E-state index in [9.17, 15) is 4.79 Å². The molecule has 0 radical (unpaired) electrons. The van der Waals surface area contributed by atoms with Crippen molar-refractivity contribution in [3.8, 4) is 0 Å². The highest BCUT2D eigenvalue weighted by Gasteiger charge is 2.33. The van der Waals surface area contributed by atoms with E-state index in [2.05, 4.69) is 13.8 Å². The van der Waals surface area contributed by atoms with Gasteiger partial charge in [-0.3, -0.25) is 4.79 Å². The predicted molar refractivity (Wildman–Crippen MR) is 70.3 cm³/mol. The smallest absolute Gasteiger partial charge is 0.255 e. The number of amides is 1. The van der Waals surface area contributed by atoms with Crippen LogP contribution in [-0.4, -0.2) is 23.4 Å². The lowest BCUT2D eigenvalue weighted by atomic mass is 10.1. The Morgan fingerprint density at radius 3 is 2.59 bits per heavy atom. The third-order valence-corrected chi connectivity index (χ3v) is 3.24. The maximum Gasteiger partial charge on any atom is 0.255 e. The van der Waals surface area contributed by atoms with Gasteiger partial charge in [0, 0.05) is 12.6 Å². The van der Waals surface area contributed by atoms with E-state index in [1.54, 1.807) is 12.1 Å². The minimum atomic E-state index is 0.0757. The van der Waals surface area contributed by atoms with Crippen molar-refractivity contribution in [3.63, 3.8) is 0 Å². The number of hydrogen-bond acceptors (Lipinski definition) is 1.